The highest BCUT2D eigenvalue weighted by molar-refractivity contribution is 7.13. The molecule has 0 fully saturated rings. The van der Waals surface area contributed by atoms with E-state index in [1.165, 1.54) is 22.2 Å². The van der Waals surface area contributed by atoms with Gasteiger partial charge in [-0.15, -0.1) is 16.4 Å². The van der Waals surface area contributed by atoms with Crippen LogP contribution >= 0.6 is 11.3 Å². The Morgan fingerprint density at radius 1 is 1.50 bits per heavy atom. The number of ether oxygens (including phenoxy) is 1. The van der Waals surface area contributed by atoms with Crippen molar-refractivity contribution in [3.8, 4) is 0 Å². The molecule has 0 atom stereocenters. The number of amides is 1. The summed E-state index contributed by atoms with van der Waals surface area (Å²) >= 11 is 1.25. The predicted molar refractivity (Wildman–Crippen MR) is 71.1 cm³/mol. The molecule has 9 heteroatoms. The predicted octanol–water partition coefficient (Wildman–Crippen LogP) is 0.479. The molecule has 0 spiro atoms. The minimum absolute atomic E-state index is 0.0623. The molecule has 0 aliphatic carbocycles. The molecule has 0 saturated carbocycles. The number of carbonyl (C=O) groups is 2. The third-order valence-corrected chi connectivity index (χ3v) is 3.01. The zero-order valence-electron chi connectivity index (χ0n) is 10.8. The highest BCUT2D eigenvalue weighted by Gasteiger charge is 2.10. The van der Waals surface area contributed by atoms with Crippen LogP contribution in [0.15, 0.2) is 17.8 Å². The molecule has 1 N–H and O–H groups in total. The molecule has 8 nitrogen and oxygen atoms in total. The Kier molecular flexibility index (Phi) is 4.77. The summed E-state index contributed by atoms with van der Waals surface area (Å²) in [5, 5.41) is 12.1. The van der Waals surface area contributed by atoms with Crippen LogP contribution in [-0.4, -0.2) is 38.5 Å². The summed E-state index contributed by atoms with van der Waals surface area (Å²) in [7, 11) is 0. The van der Waals surface area contributed by atoms with Gasteiger partial charge < -0.3 is 10.1 Å². The lowest BCUT2D eigenvalue weighted by Gasteiger charge is -2.01. The van der Waals surface area contributed by atoms with Gasteiger partial charge in [0.05, 0.1) is 24.9 Å². The highest BCUT2D eigenvalue weighted by Crippen LogP contribution is 2.16. The Morgan fingerprint density at radius 2 is 2.35 bits per heavy atom. The third-order valence-electron chi connectivity index (χ3n) is 2.21. The molecular formula is C11H13N5O3S. The fourth-order valence-corrected chi connectivity index (χ4v) is 2.15. The van der Waals surface area contributed by atoms with Gasteiger partial charge in [0.2, 0.25) is 5.91 Å². The first-order valence-electron chi connectivity index (χ1n) is 5.91. The molecule has 0 radical (unpaired) electrons. The maximum Gasteiger partial charge on any atom is 0.311 e. The second-order valence-electron chi connectivity index (χ2n) is 3.77. The number of esters is 1. The van der Waals surface area contributed by atoms with E-state index < -0.39 is 0 Å². The summed E-state index contributed by atoms with van der Waals surface area (Å²) in [4.78, 5) is 27.1. The van der Waals surface area contributed by atoms with Crippen LogP contribution in [0.2, 0.25) is 0 Å². The second kappa shape index (κ2) is 6.75. The quantitative estimate of drug-likeness (QED) is 0.778. The van der Waals surface area contributed by atoms with E-state index in [9.17, 15) is 9.59 Å². The Hall–Kier alpha value is -2.29. The van der Waals surface area contributed by atoms with Gasteiger partial charge >= 0.3 is 5.97 Å². The van der Waals surface area contributed by atoms with Crippen molar-refractivity contribution < 1.29 is 14.3 Å². The minimum Gasteiger partial charge on any atom is -0.466 e. The number of aromatic nitrogens is 4. The zero-order valence-corrected chi connectivity index (χ0v) is 11.6. The molecular weight excluding hydrogens is 282 g/mol. The van der Waals surface area contributed by atoms with Crippen LogP contribution in [-0.2, 0) is 27.3 Å². The zero-order chi connectivity index (χ0) is 14.4. The van der Waals surface area contributed by atoms with Crippen LogP contribution in [0.25, 0.3) is 0 Å². The Bertz CT molecular complexity index is 581. The fourth-order valence-electron chi connectivity index (χ4n) is 1.43. The van der Waals surface area contributed by atoms with Crippen molar-refractivity contribution in [2.75, 3.05) is 11.9 Å². The molecule has 0 saturated heterocycles. The van der Waals surface area contributed by atoms with E-state index in [-0.39, 0.29) is 24.8 Å². The largest absolute Gasteiger partial charge is 0.466 e. The Labute approximate surface area is 118 Å². The number of rotatable bonds is 6. The van der Waals surface area contributed by atoms with Crippen LogP contribution in [0.3, 0.4) is 0 Å². The van der Waals surface area contributed by atoms with Crippen molar-refractivity contribution in [1.29, 1.82) is 0 Å². The van der Waals surface area contributed by atoms with Crippen LogP contribution in [0.5, 0.6) is 0 Å². The Balaban J connectivity index is 1.86. The van der Waals surface area contributed by atoms with Gasteiger partial charge in [-0.3, -0.25) is 9.59 Å². The summed E-state index contributed by atoms with van der Waals surface area (Å²) in [5.41, 5.74) is 0.574. The maximum absolute atomic E-state index is 11.7. The molecule has 106 valence electrons. The number of anilines is 1. The Morgan fingerprint density at radius 3 is 3.05 bits per heavy atom. The van der Waals surface area contributed by atoms with Gasteiger partial charge in [0.25, 0.3) is 0 Å². The van der Waals surface area contributed by atoms with Crippen LogP contribution in [0.4, 0.5) is 5.13 Å². The first kappa shape index (κ1) is 14.1. The normalized spacial score (nSPS) is 10.2. The summed E-state index contributed by atoms with van der Waals surface area (Å²) in [5.74, 6) is -0.592. The van der Waals surface area contributed by atoms with Gasteiger partial charge in [0, 0.05) is 11.6 Å². The smallest absolute Gasteiger partial charge is 0.311 e. The van der Waals surface area contributed by atoms with Gasteiger partial charge in [-0.2, -0.15) is 0 Å². The van der Waals surface area contributed by atoms with Crippen molar-refractivity contribution in [3.05, 3.63) is 23.5 Å². The fraction of sp³-hybridized carbons (Fsp3) is 0.364. The number of carbonyl (C=O) groups excluding carboxylic acids is 2. The number of nitrogens with zero attached hydrogens (tertiary/aromatic N) is 4. The minimum atomic E-state index is -0.335. The standard InChI is InChI=1S/C11H13N5O3S/c1-2-19-10(18)5-8-7-20-11(13-8)14-9(17)6-16-4-3-12-15-16/h3-4,7H,2,5-6H2,1H3,(H,13,14,17). The average molecular weight is 295 g/mol. The first-order chi connectivity index (χ1) is 9.67. The average Bonchev–Trinajstić information content (AvgIpc) is 3.02. The molecule has 0 aliphatic rings. The van der Waals surface area contributed by atoms with E-state index in [1.807, 2.05) is 0 Å². The van der Waals surface area contributed by atoms with E-state index in [1.54, 1.807) is 18.5 Å². The monoisotopic (exact) mass is 295 g/mol. The van der Waals surface area contributed by atoms with Gasteiger partial charge in [0.15, 0.2) is 5.13 Å². The van der Waals surface area contributed by atoms with Crippen molar-refractivity contribution >= 4 is 28.3 Å². The SMILES string of the molecule is CCOC(=O)Cc1csc(NC(=O)Cn2ccnn2)n1. The van der Waals surface area contributed by atoms with Gasteiger partial charge in [-0.25, -0.2) is 9.67 Å². The summed E-state index contributed by atoms with van der Waals surface area (Å²) in [6.45, 7) is 2.14. The lowest BCUT2D eigenvalue weighted by atomic mass is 10.3. The number of thiazole rings is 1. The number of hydrogen-bond donors (Lipinski definition) is 1. The van der Waals surface area contributed by atoms with Crippen LogP contribution in [0.1, 0.15) is 12.6 Å². The molecule has 0 bridgehead atoms. The van der Waals surface area contributed by atoms with Crippen molar-refractivity contribution in [3.63, 3.8) is 0 Å². The third kappa shape index (κ3) is 4.12. The molecule has 0 aromatic carbocycles. The molecule has 1 amide bonds. The van der Waals surface area contributed by atoms with E-state index >= 15 is 0 Å². The lowest BCUT2D eigenvalue weighted by molar-refractivity contribution is -0.142. The summed E-state index contributed by atoms with van der Waals surface area (Å²) in [6.07, 6.45) is 3.19. The van der Waals surface area contributed by atoms with Crippen molar-refractivity contribution in [2.45, 2.75) is 19.9 Å². The van der Waals surface area contributed by atoms with Gasteiger partial charge in [-0.1, -0.05) is 5.21 Å². The van der Waals surface area contributed by atoms with E-state index in [0.717, 1.165) is 0 Å². The second-order valence-corrected chi connectivity index (χ2v) is 4.63. The molecule has 20 heavy (non-hydrogen) atoms. The first-order valence-corrected chi connectivity index (χ1v) is 6.79. The maximum atomic E-state index is 11.7. The summed E-state index contributed by atoms with van der Waals surface area (Å²) < 4.78 is 6.23. The lowest BCUT2D eigenvalue weighted by Crippen LogP contribution is -2.19. The molecule has 0 unspecified atom stereocenters. The molecule has 2 aromatic rings. The molecule has 2 rings (SSSR count). The summed E-state index contributed by atoms with van der Waals surface area (Å²) in [6, 6.07) is 0. The molecule has 2 aromatic heterocycles. The van der Waals surface area contributed by atoms with Crippen LogP contribution in [0, 0.1) is 0 Å². The highest BCUT2D eigenvalue weighted by atomic mass is 32.1. The van der Waals surface area contributed by atoms with E-state index in [0.29, 0.717) is 17.4 Å². The van der Waals surface area contributed by atoms with E-state index in [4.69, 9.17) is 4.74 Å². The topological polar surface area (TPSA) is 99.0 Å². The van der Waals surface area contributed by atoms with Crippen LogP contribution < -0.4 is 5.32 Å². The van der Waals surface area contributed by atoms with Crippen molar-refractivity contribution in [2.24, 2.45) is 0 Å². The molecule has 2 heterocycles. The van der Waals surface area contributed by atoms with Crippen molar-refractivity contribution in [1.82, 2.24) is 20.0 Å². The number of nitrogens with one attached hydrogen (secondary N) is 1. The number of hydrogen-bond acceptors (Lipinski definition) is 7. The molecule has 0 aliphatic heterocycles. The van der Waals surface area contributed by atoms with E-state index in [2.05, 4.69) is 20.6 Å². The van der Waals surface area contributed by atoms with Gasteiger partial charge in [-0.05, 0) is 6.92 Å². The van der Waals surface area contributed by atoms with Gasteiger partial charge in [0.1, 0.15) is 6.54 Å².